The first-order chi connectivity index (χ1) is 11.8. The highest BCUT2D eigenvalue weighted by molar-refractivity contribution is 5.94. The van der Waals surface area contributed by atoms with E-state index in [1.807, 2.05) is 30.3 Å². The molecule has 3 rings (SSSR count). The maximum Gasteiger partial charge on any atom is 0.251 e. The summed E-state index contributed by atoms with van der Waals surface area (Å²) in [5.74, 6) is 1.48. The van der Waals surface area contributed by atoms with Gasteiger partial charge in [0.15, 0.2) is 0 Å². The molecule has 0 saturated heterocycles. The van der Waals surface area contributed by atoms with Gasteiger partial charge in [-0.15, -0.1) is 0 Å². The number of rotatable bonds is 6. The van der Waals surface area contributed by atoms with Crippen LogP contribution in [0.25, 0.3) is 0 Å². The summed E-state index contributed by atoms with van der Waals surface area (Å²) in [7, 11) is 0. The van der Waals surface area contributed by atoms with Gasteiger partial charge in [0.25, 0.3) is 5.91 Å². The van der Waals surface area contributed by atoms with Crippen LogP contribution in [0, 0.1) is 0 Å². The second-order valence-corrected chi connectivity index (χ2v) is 6.35. The fraction of sp³-hybridized carbons (Fsp3) is 0.400. The van der Waals surface area contributed by atoms with Crippen molar-refractivity contribution in [1.82, 2.24) is 10.3 Å². The van der Waals surface area contributed by atoms with Gasteiger partial charge in [-0.1, -0.05) is 37.5 Å². The van der Waals surface area contributed by atoms with Gasteiger partial charge < -0.3 is 10.6 Å². The Morgan fingerprint density at radius 2 is 1.79 bits per heavy atom. The topological polar surface area (TPSA) is 54.0 Å². The van der Waals surface area contributed by atoms with E-state index >= 15 is 0 Å². The molecule has 4 nitrogen and oxygen atoms in total. The molecule has 4 heteroatoms. The number of carbonyl (C=O) groups is 1. The summed E-state index contributed by atoms with van der Waals surface area (Å²) in [6.45, 7) is 1.22. The molecule has 126 valence electrons. The van der Waals surface area contributed by atoms with Crippen LogP contribution in [-0.4, -0.2) is 24.0 Å². The molecule has 0 unspecified atom stereocenters. The molecule has 1 aromatic carbocycles. The predicted molar refractivity (Wildman–Crippen MR) is 97.3 cm³/mol. The van der Waals surface area contributed by atoms with Crippen molar-refractivity contribution in [3.63, 3.8) is 0 Å². The van der Waals surface area contributed by atoms with Crippen LogP contribution < -0.4 is 10.6 Å². The standard InChI is InChI=1S/C20H25N3O/c24-20(23-15-14-22-19-8-4-5-13-21-19)18-11-9-17(10-12-18)16-6-2-1-3-7-16/h4-5,8-13,16H,1-3,6-7,14-15H2,(H,21,22)(H,23,24). The van der Waals surface area contributed by atoms with E-state index in [1.165, 1.54) is 37.7 Å². The Morgan fingerprint density at radius 1 is 1.00 bits per heavy atom. The second kappa shape index (κ2) is 8.48. The molecule has 24 heavy (non-hydrogen) atoms. The van der Waals surface area contributed by atoms with Crippen molar-refractivity contribution in [2.24, 2.45) is 0 Å². The van der Waals surface area contributed by atoms with Gasteiger partial charge in [0.05, 0.1) is 0 Å². The third-order valence-electron chi connectivity index (χ3n) is 4.63. The SMILES string of the molecule is O=C(NCCNc1ccccn1)c1ccc(C2CCCCC2)cc1. The zero-order chi connectivity index (χ0) is 16.6. The van der Waals surface area contributed by atoms with Gasteiger partial charge in [-0.25, -0.2) is 4.98 Å². The number of aromatic nitrogens is 1. The van der Waals surface area contributed by atoms with Crippen molar-refractivity contribution in [2.75, 3.05) is 18.4 Å². The summed E-state index contributed by atoms with van der Waals surface area (Å²) in [5, 5.41) is 6.12. The molecule has 0 aliphatic heterocycles. The van der Waals surface area contributed by atoms with Crippen LogP contribution in [0.15, 0.2) is 48.7 Å². The number of carbonyl (C=O) groups excluding carboxylic acids is 1. The first kappa shape index (κ1) is 16.5. The van der Waals surface area contributed by atoms with Crippen molar-refractivity contribution in [1.29, 1.82) is 0 Å². The third kappa shape index (κ3) is 4.57. The molecule has 0 bridgehead atoms. The Hall–Kier alpha value is -2.36. The summed E-state index contributed by atoms with van der Waals surface area (Å²) in [5.41, 5.74) is 2.11. The maximum absolute atomic E-state index is 12.2. The van der Waals surface area contributed by atoms with E-state index in [2.05, 4.69) is 27.8 Å². The molecule has 1 heterocycles. The predicted octanol–water partition coefficient (Wildman–Crippen LogP) is 3.97. The highest BCUT2D eigenvalue weighted by Crippen LogP contribution is 2.32. The number of hydrogen-bond acceptors (Lipinski definition) is 3. The van der Waals surface area contributed by atoms with Crippen LogP contribution in [0.4, 0.5) is 5.82 Å². The zero-order valence-corrected chi connectivity index (χ0v) is 14.0. The molecule has 0 radical (unpaired) electrons. The number of nitrogens with zero attached hydrogens (tertiary/aromatic N) is 1. The normalized spacial score (nSPS) is 15.0. The molecule has 1 aromatic heterocycles. The van der Waals surface area contributed by atoms with Crippen molar-refractivity contribution < 1.29 is 4.79 Å². The number of nitrogens with one attached hydrogen (secondary N) is 2. The first-order valence-corrected chi connectivity index (χ1v) is 8.86. The van der Waals surface area contributed by atoms with Gasteiger partial charge >= 0.3 is 0 Å². The number of pyridine rings is 1. The monoisotopic (exact) mass is 323 g/mol. The van der Waals surface area contributed by atoms with E-state index in [-0.39, 0.29) is 5.91 Å². The molecular formula is C20H25N3O. The molecule has 1 amide bonds. The third-order valence-corrected chi connectivity index (χ3v) is 4.63. The largest absolute Gasteiger partial charge is 0.368 e. The van der Waals surface area contributed by atoms with E-state index in [1.54, 1.807) is 6.20 Å². The van der Waals surface area contributed by atoms with Crippen molar-refractivity contribution in [3.8, 4) is 0 Å². The van der Waals surface area contributed by atoms with Crippen molar-refractivity contribution in [2.45, 2.75) is 38.0 Å². The van der Waals surface area contributed by atoms with E-state index in [0.29, 0.717) is 19.0 Å². The highest BCUT2D eigenvalue weighted by atomic mass is 16.1. The lowest BCUT2D eigenvalue weighted by Crippen LogP contribution is -2.28. The lowest BCUT2D eigenvalue weighted by Gasteiger charge is -2.22. The van der Waals surface area contributed by atoms with Crippen molar-refractivity contribution >= 4 is 11.7 Å². The Bertz CT molecular complexity index is 634. The lowest BCUT2D eigenvalue weighted by atomic mass is 9.84. The van der Waals surface area contributed by atoms with Crippen LogP contribution in [0.3, 0.4) is 0 Å². The molecule has 1 saturated carbocycles. The van der Waals surface area contributed by atoms with Gasteiger partial charge in [-0.3, -0.25) is 4.79 Å². The zero-order valence-electron chi connectivity index (χ0n) is 14.0. The van der Waals surface area contributed by atoms with Gasteiger partial charge in [-0.05, 0) is 48.6 Å². The molecule has 2 aromatic rings. The Labute approximate surface area is 143 Å². The van der Waals surface area contributed by atoms with Crippen LogP contribution in [0.5, 0.6) is 0 Å². The van der Waals surface area contributed by atoms with Crippen LogP contribution in [0.1, 0.15) is 53.9 Å². The van der Waals surface area contributed by atoms with E-state index in [9.17, 15) is 4.79 Å². The quantitative estimate of drug-likeness (QED) is 0.791. The van der Waals surface area contributed by atoms with E-state index in [0.717, 1.165) is 11.4 Å². The number of hydrogen-bond donors (Lipinski definition) is 2. The minimum absolute atomic E-state index is 0.0204. The van der Waals surface area contributed by atoms with Gasteiger partial charge in [0.1, 0.15) is 5.82 Å². The maximum atomic E-state index is 12.2. The average Bonchev–Trinajstić information content (AvgIpc) is 2.67. The van der Waals surface area contributed by atoms with Crippen molar-refractivity contribution in [3.05, 3.63) is 59.8 Å². The van der Waals surface area contributed by atoms with E-state index < -0.39 is 0 Å². The smallest absolute Gasteiger partial charge is 0.251 e. The average molecular weight is 323 g/mol. The van der Waals surface area contributed by atoms with Crippen LogP contribution >= 0.6 is 0 Å². The van der Waals surface area contributed by atoms with Crippen LogP contribution in [0.2, 0.25) is 0 Å². The summed E-state index contributed by atoms with van der Waals surface area (Å²) in [6, 6.07) is 13.9. The number of amides is 1. The molecule has 0 atom stereocenters. The Kier molecular flexibility index (Phi) is 5.83. The fourth-order valence-corrected chi connectivity index (χ4v) is 3.28. The Morgan fingerprint density at radius 3 is 2.50 bits per heavy atom. The molecule has 2 N–H and O–H groups in total. The van der Waals surface area contributed by atoms with Gasteiger partial charge in [-0.2, -0.15) is 0 Å². The number of benzene rings is 1. The lowest BCUT2D eigenvalue weighted by molar-refractivity contribution is 0.0955. The summed E-state index contributed by atoms with van der Waals surface area (Å²) in [6.07, 6.45) is 8.33. The minimum atomic E-state index is -0.0204. The fourth-order valence-electron chi connectivity index (χ4n) is 3.28. The molecule has 1 fully saturated rings. The van der Waals surface area contributed by atoms with Crippen LogP contribution in [-0.2, 0) is 0 Å². The summed E-state index contributed by atoms with van der Waals surface area (Å²) < 4.78 is 0. The molecular weight excluding hydrogens is 298 g/mol. The molecule has 0 spiro atoms. The number of anilines is 1. The van der Waals surface area contributed by atoms with Gasteiger partial charge in [0, 0.05) is 24.8 Å². The summed E-state index contributed by atoms with van der Waals surface area (Å²) >= 11 is 0. The second-order valence-electron chi connectivity index (χ2n) is 6.35. The molecule has 1 aliphatic rings. The van der Waals surface area contributed by atoms with Gasteiger partial charge in [0.2, 0.25) is 0 Å². The Balaban J connectivity index is 1.44. The first-order valence-electron chi connectivity index (χ1n) is 8.86. The van der Waals surface area contributed by atoms with E-state index in [4.69, 9.17) is 0 Å². The highest BCUT2D eigenvalue weighted by Gasteiger charge is 2.15. The summed E-state index contributed by atoms with van der Waals surface area (Å²) in [4.78, 5) is 16.4. The minimum Gasteiger partial charge on any atom is -0.368 e. The molecule has 1 aliphatic carbocycles.